The lowest BCUT2D eigenvalue weighted by Gasteiger charge is -2.58. The minimum absolute atomic E-state index is 0.345. The number of fused-ring (bicyclic) bond motifs is 5. The van der Waals surface area contributed by atoms with Crippen LogP contribution in [-0.2, 0) is 4.79 Å². The van der Waals surface area contributed by atoms with E-state index in [1.165, 1.54) is 70.6 Å². The number of carboxylic acid groups (broad SMARTS) is 1. The van der Waals surface area contributed by atoms with Gasteiger partial charge < -0.3 is 5.11 Å². The molecule has 0 spiro atoms. The van der Waals surface area contributed by atoms with E-state index in [0.29, 0.717) is 23.2 Å². The fraction of sp³-hybridized carbons (Fsp3) is 0.900. The van der Waals surface area contributed by atoms with Gasteiger partial charge in [-0.2, -0.15) is 0 Å². The minimum atomic E-state index is -0.628. The van der Waals surface area contributed by atoms with Crippen molar-refractivity contribution in [1.29, 1.82) is 0 Å². The molecule has 4 rings (SSSR count). The summed E-state index contributed by atoms with van der Waals surface area (Å²) < 4.78 is 0. The largest absolute Gasteiger partial charge is 0.481 e. The van der Waals surface area contributed by atoms with Crippen molar-refractivity contribution in [1.82, 2.24) is 0 Å². The number of allylic oxidation sites excluding steroid dienone is 2. The first-order valence-electron chi connectivity index (χ1n) is 14.1. The maximum Gasteiger partial charge on any atom is 0.303 e. The first kappa shape index (κ1) is 24.3. The molecule has 0 radical (unpaired) electrons. The first-order valence-corrected chi connectivity index (χ1v) is 14.1. The number of aliphatic carboxylic acids is 1. The van der Waals surface area contributed by atoms with Crippen LogP contribution >= 0.6 is 0 Å². The van der Waals surface area contributed by atoms with Crippen molar-refractivity contribution in [3.63, 3.8) is 0 Å². The number of carbonyl (C=O) groups is 1. The van der Waals surface area contributed by atoms with Gasteiger partial charge in [-0.1, -0.05) is 65.5 Å². The van der Waals surface area contributed by atoms with Gasteiger partial charge in [0.15, 0.2) is 0 Å². The minimum Gasteiger partial charge on any atom is -0.481 e. The Hall–Kier alpha value is -0.790. The molecule has 4 aliphatic rings. The van der Waals surface area contributed by atoms with Gasteiger partial charge in [0.2, 0.25) is 0 Å². The number of hydrogen-bond acceptors (Lipinski definition) is 1. The highest BCUT2D eigenvalue weighted by molar-refractivity contribution is 5.66. The summed E-state index contributed by atoms with van der Waals surface area (Å²) in [5.74, 6) is 5.32. The second-order valence-electron chi connectivity index (χ2n) is 13.3. The normalized spacial score (nSPS) is 42.1. The van der Waals surface area contributed by atoms with Crippen molar-refractivity contribution in [3.8, 4) is 0 Å². The van der Waals surface area contributed by atoms with E-state index < -0.39 is 5.97 Å². The fourth-order valence-corrected chi connectivity index (χ4v) is 9.33. The third kappa shape index (κ3) is 4.46. The molecule has 182 valence electrons. The Morgan fingerprint density at radius 3 is 2.56 bits per heavy atom. The highest BCUT2D eigenvalue weighted by Crippen LogP contribution is 2.67. The third-order valence-electron chi connectivity index (χ3n) is 11.2. The van der Waals surface area contributed by atoms with Crippen molar-refractivity contribution in [2.45, 2.75) is 118 Å². The summed E-state index contributed by atoms with van der Waals surface area (Å²) in [5, 5.41) is 9.11. The van der Waals surface area contributed by atoms with E-state index in [1.807, 2.05) is 0 Å². The summed E-state index contributed by atoms with van der Waals surface area (Å²) in [6.45, 7) is 12.6. The summed E-state index contributed by atoms with van der Waals surface area (Å²) >= 11 is 0. The van der Waals surface area contributed by atoms with E-state index >= 15 is 0 Å². The highest BCUT2D eigenvalue weighted by Gasteiger charge is 2.59. The molecule has 0 heterocycles. The Morgan fingerprint density at radius 2 is 1.84 bits per heavy atom. The SMILES string of the molecule is CC(C)CCC[C@@H](C)C1CC[C@H]2[C@@H]3CC=C4C[C@@H](CCC(=O)O)CCC4(C)C3CCC12C. The molecule has 0 aromatic carbocycles. The Bertz CT molecular complexity index is 708. The van der Waals surface area contributed by atoms with Crippen LogP contribution in [0.2, 0.25) is 0 Å². The molecule has 2 nitrogen and oxygen atoms in total. The van der Waals surface area contributed by atoms with Crippen LogP contribution in [0.25, 0.3) is 0 Å². The topological polar surface area (TPSA) is 37.3 Å². The summed E-state index contributed by atoms with van der Waals surface area (Å²) in [4.78, 5) is 11.1. The maximum absolute atomic E-state index is 11.1. The molecule has 4 aliphatic carbocycles. The molecule has 0 bridgehead atoms. The molecule has 4 unspecified atom stereocenters. The van der Waals surface area contributed by atoms with Crippen LogP contribution in [0.1, 0.15) is 118 Å². The highest BCUT2D eigenvalue weighted by atomic mass is 16.4. The molecule has 1 N–H and O–H groups in total. The van der Waals surface area contributed by atoms with Crippen LogP contribution in [-0.4, -0.2) is 11.1 Å². The van der Waals surface area contributed by atoms with Crippen molar-refractivity contribution in [2.24, 2.45) is 52.3 Å². The molecule has 3 fully saturated rings. The summed E-state index contributed by atoms with van der Waals surface area (Å²) in [6.07, 6.45) is 18.9. The second-order valence-corrected chi connectivity index (χ2v) is 13.3. The van der Waals surface area contributed by atoms with Crippen LogP contribution in [0.3, 0.4) is 0 Å². The van der Waals surface area contributed by atoms with E-state index in [0.717, 1.165) is 41.9 Å². The molecule has 0 amide bonds. The standard InChI is InChI=1S/C30H50O2/c1-20(2)7-6-8-21(3)25-12-13-26-24-11-10-23-19-22(9-14-28(31)32)15-17-29(23,4)27(24)16-18-30(25,26)5/h10,20-22,24-27H,6-9,11-19H2,1-5H3,(H,31,32)/t21-,22+,24+,25?,26+,27?,29?,30?/m1/s1. The first-order chi connectivity index (χ1) is 15.1. The lowest BCUT2D eigenvalue weighted by atomic mass is 9.46. The zero-order valence-corrected chi connectivity index (χ0v) is 21.7. The van der Waals surface area contributed by atoms with Gasteiger partial charge in [0.25, 0.3) is 0 Å². The molecule has 0 aliphatic heterocycles. The van der Waals surface area contributed by atoms with Gasteiger partial charge in [-0.15, -0.1) is 0 Å². The Labute approximate surface area is 198 Å². The third-order valence-corrected chi connectivity index (χ3v) is 11.2. The monoisotopic (exact) mass is 442 g/mol. The van der Waals surface area contributed by atoms with Gasteiger partial charge in [-0.25, -0.2) is 0 Å². The average molecular weight is 443 g/mol. The van der Waals surface area contributed by atoms with Gasteiger partial charge in [0.05, 0.1) is 0 Å². The molecular formula is C30H50O2. The van der Waals surface area contributed by atoms with E-state index in [1.54, 1.807) is 5.57 Å². The predicted octanol–water partition coefficient (Wildman–Crippen LogP) is 8.51. The molecule has 8 atom stereocenters. The Kier molecular flexibility index (Phi) is 7.19. The zero-order chi connectivity index (χ0) is 23.1. The van der Waals surface area contributed by atoms with Gasteiger partial charge in [-0.05, 0) is 110 Å². The van der Waals surface area contributed by atoms with Crippen LogP contribution in [0.4, 0.5) is 0 Å². The van der Waals surface area contributed by atoms with E-state index in [9.17, 15) is 4.79 Å². The molecule has 3 saturated carbocycles. The van der Waals surface area contributed by atoms with Crippen LogP contribution in [0, 0.1) is 52.3 Å². The maximum atomic E-state index is 11.1. The number of rotatable bonds is 8. The van der Waals surface area contributed by atoms with Crippen molar-refractivity contribution >= 4 is 5.97 Å². The lowest BCUT2D eigenvalue weighted by Crippen LogP contribution is -2.50. The quantitative estimate of drug-likeness (QED) is 0.382. The van der Waals surface area contributed by atoms with Crippen molar-refractivity contribution < 1.29 is 9.90 Å². The summed E-state index contributed by atoms with van der Waals surface area (Å²) in [5.41, 5.74) is 2.67. The van der Waals surface area contributed by atoms with Crippen LogP contribution < -0.4 is 0 Å². The molecule has 0 aromatic rings. The Balaban J connectivity index is 1.44. The van der Waals surface area contributed by atoms with Crippen molar-refractivity contribution in [2.75, 3.05) is 0 Å². The van der Waals surface area contributed by atoms with Gasteiger partial charge in [0.1, 0.15) is 0 Å². The van der Waals surface area contributed by atoms with E-state index in [4.69, 9.17) is 5.11 Å². The average Bonchev–Trinajstić information content (AvgIpc) is 3.09. The van der Waals surface area contributed by atoms with Crippen LogP contribution in [0.5, 0.6) is 0 Å². The van der Waals surface area contributed by atoms with E-state index in [2.05, 4.69) is 40.7 Å². The Morgan fingerprint density at radius 1 is 1.06 bits per heavy atom. The molecule has 0 aromatic heterocycles. The molecular weight excluding hydrogens is 392 g/mol. The second kappa shape index (κ2) is 9.46. The molecule has 0 saturated heterocycles. The lowest BCUT2D eigenvalue weighted by molar-refractivity contribution is -0.137. The van der Waals surface area contributed by atoms with E-state index in [-0.39, 0.29) is 0 Å². The van der Waals surface area contributed by atoms with Gasteiger partial charge in [-0.3, -0.25) is 4.79 Å². The zero-order valence-electron chi connectivity index (χ0n) is 21.7. The molecule has 32 heavy (non-hydrogen) atoms. The fourth-order valence-electron chi connectivity index (χ4n) is 9.33. The van der Waals surface area contributed by atoms with Crippen molar-refractivity contribution in [3.05, 3.63) is 11.6 Å². The summed E-state index contributed by atoms with van der Waals surface area (Å²) in [6, 6.07) is 0. The van der Waals surface area contributed by atoms with Gasteiger partial charge >= 0.3 is 5.97 Å². The number of hydrogen-bond donors (Lipinski definition) is 1. The van der Waals surface area contributed by atoms with Gasteiger partial charge in [0, 0.05) is 6.42 Å². The molecule has 2 heteroatoms. The summed E-state index contributed by atoms with van der Waals surface area (Å²) in [7, 11) is 0. The van der Waals surface area contributed by atoms with Crippen LogP contribution in [0.15, 0.2) is 11.6 Å². The number of carboxylic acids is 1. The smallest absolute Gasteiger partial charge is 0.303 e. The predicted molar refractivity (Wildman–Crippen MR) is 133 cm³/mol.